The first-order valence-corrected chi connectivity index (χ1v) is 11.6. The van der Waals surface area contributed by atoms with Crippen LogP contribution in [0.3, 0.4) is 0 Å². The fourth-order valence-corrected chi connectivity index (χ4v) is 4.16. The first-order chi connectivity index (χ1) is 17.0. The Balaban J connectivity index is 1.38. The van der Waals surface area contributed by atoms with Crippen LogP contribution in [-0.4, -0.2) is 47.6 Å². The van der Waals surface area contributed by atoms with E-state index in [-0.39, 0.29) is 25.0 Å². The molecule has 0 aliphatic carbocycles. The van der Waals surface area contributed by atoms with Gasteiger partial charge in [0.25, 0.3) is 5.91 Å². The van der Waals surface area contributed by atoms with Gasteiger partial charge in [0.2, 0.25) is 5.91 Å². The van der Waals surface area contributed by atoms with E-state index in [4.69, 9.17) is 10.00 Å². The lowest BCUT2D eigenvalue weighted by Crippen LogP contribution is -2.52. The second-order valence-electron chi connectivity index (χ2n) is 8.47. The number of carbonyl (C=O) groups excluding carboxylic acids is 2. The summed E-state index contributed by atoms with van der Waals surface area (Å²) in [5.74, 6) is -0.418. The van der Waals surface area contributed by atoms with Crippen molar-refractivity contribution >= 4 is 17.5 Å². The highest BCUT2D eigenvalue weighted by Gasteiger charge is 2.34. The van der Waals surface area contributed by atoms with E-state index >= 15 is 0 Å². The molecule has 0 saturated carbocycles. The van der Waals surface area contributed by atoms with Crippen molar-refractivity contribution in [1.29, 1.82) is 5.26 Å². The van der Waals surface area contributed by atoms with Gasteiger partial charge in [-0.25, -0.2) is 0 Å². The molecule has 0 unspecified atom stereocenters. The number of rotatable bonds is 8. The monoisotopic (exact) mass is 469 g/mol. The summed E-state index contributed by atoms with van der Waals surface area (Å²) >= 11 is 0. The molecule has 3 aromatic rings. The summed E-state index contributed by atoms with van der Waals surface area (Å²) in [5.41, 5.74) is 3.35. The minimum Gasteiger partial charge on any atom is -0.386 e. The van der Waals surface area contributed by atoms with Crippen molar-refractivity contribution in [3.63, 3.8) is 0 Å². The van der Waals surface area contributed by atoms with Gasteiger partial charge in [-0.15, -0.1) is 0 Å². The Bertz CT molecular complexity index is 1190. The van der Waals surface area contributed by atoms with Gasteiger partial charge in [0.1, 0.15) is 12.7 Å². The van der Waals surface area contributed by atoms with Crippen LogP contribution in [-0.2, 0) is 16.0 Å². The zero-order chi connectivity index (χ0) is 24.6. The number of aryl methyl sites for hydroxylation is 1. The van der Waals surface area contributed by atoms with Crippen LogP contribution in [0.15, 0.2) is 78.9 Å². The fourth-order valence-electron chi connectivity index (χ4n) is 4.16. The topological polar surface area (TPSA) is 103 Å². The number of ether oxygens (including phenoxy) is 1. The maximum atomic E-state index is 12.6. The Morgan fingerprint density at radius 3 is 2.49 bits per heavy atom. The molecule has 178 valence electrons. The third-order valence-electron chi connectivity index (χ3n) is 6.09. The quantitative estimate of drug-likeness (QED) is 0.524. The van der Waals surface area contributed by atoms with Crippen molar-refractivity contribution in [3.05, 3.63) is 101 Å². The number of carbonyl (C=O) groups is 2. The summed E-state index contributed by atoms with van der Waals surface area (Å²) in [6, 6.07) is 24.9. The summed E-state index contributed by atoms with van der Waals surface area (Å²) in [6.45, 7) is 0.821. The number of aliphatic hydroxyl groups is 1. The van der Waals surface area contributed by atoms with Gasteiger partial charge >= 0.3 is 0 Å². The Hall–Kier alpha value is -3.99. The molecule has 0 aromatic heterocycles. The zero-order valence-corrected chi connectivity index (χ0v) is 19.3. The Kier molecular flexibility index (Phi) is 7.88. The van der Waals surface area contributed by atoms with Crippen LogP contribution in [0.2, 0.25) is 0 Å². The molecule has 0 radical (unpaired) electrons. The number of anilines is 1. The van der Waals surface area contributed by atoms with Crippen molar-refractivity contribution in [3.8, 4) is 6.07 Å². The smallest absolute Gasteiger partial charge is 0.255 e. The van der Waals surface area contributed by atoms with Crippen LogP contribution in [0, 0.1) is 11.3 Å². The minimum absolute atomic E-state index is 0.0227. The van der Waals surface area contributed by atoms with Gasteiger partial charge in [-0.2, -0.15) is 5.26 Å². The van der Waals surface area contributed by atoms with E-state index in [0.717, 1.165) is 12.8 Å². The highest BCUT2D eigenvalue weighted by Crippen LogP contribution is 2.26. The summed E-state index contributed by atoms with van der Waals surface area (Å²) < 4.78 is 5.45. The third kappa shape index (κ3) is 6.12. The van der Waals surface area contributed by atoms with Gasteiger partial charge < -0.3 is 20.1 Å². The molecular weight excluding hydrogens is 442 g/mol. The first kappa shape index (κ1) is 24.1. The number of nitriles is 1. The molecule has 1 heterocycles. The molecule has 1 fully saturated rings. The van der Waals surface area contributed by atoms with Crippen molar-refractivity contribution in [2.45, 2.75) is 25.0 Å². The van der Waals surface area contributed by atoms with E-state index in [9.17, 15) is 14.7 Å². The SMILES string of the molecule is N#Cc1ccc(C(=O)Nc2ccc([C@@H](O)[C@H]3COCC(=O)N3CCCc3ccccc3)cc2)cc1. The average molecular weight is 470 g/mol. The van der Waals surface area contributed by atoms with Gasteiger partial charge in [0.15, 0.2) is 0 Å². The van der Waals surface area contributed by atoms with Crippen molar-refractivity contribution in [1.82, 2.24) is 4.90 Å². The lowest BCUT2D eigenvalue weighted by Gasteiger charge is -2.38. The van der Waals surface area contributed by atoms with Crippen molar-refractivity contribution in [2.24, 2.45) is 0 Å². The summed E-state index contributed by atoms with van der Waals surface area (Å²) in [7, 11) is 0. The number of benzene rings is 3. The predicted octanol–water partition coefficient (Wildman–Crippen LogP) is 3.70. The number of nitrogens with one attached hydrogen (secondary N) is 1. The molecule has 0 bridgehead atoms. The van der Waals surface area contributed by atoms with E-state index in [1.165, 1.54) is 5.56 Å². The van der Waals surface area contributed by atoms with Crippen LogP contribution >= 0.6 is 0 Å². The number of morpholine rings is 1. The number of amides is 2. The molecule has 1 aliphatic heterocycles. The number of aliphatic hydroxyl groups excluding tert-OH is 1. The molecule has 7 nitrogen and oxygen atoms in total. The lowest BCUT2D eigenvalue weighted by atomic mass is 9.99. The van der Waals surface area contributed by atoms with Gasteiger partial charge in [-0.1, -0.05) is 42.5 Å². The van der Waals surface area contributed by atoms with Crippen LogP contribution in [0.5, 0.6) is 0 Å². The maximum Gasteiger partial charge on any atom is 0.255 e. The molecule has 2 N–H and O–H groups in total. The van der Waals surface area contributed by atoms with Crippen LogP contribution in [0.4, 0.5) is 5.69 Å². The standard InChI is InChI=1S/C28H27N3O4/c29-17-21-8-10-23(11-9-21)28(34)30-24-14-12-22(13-15-24)27(33)25-18-35-19-26(32)31(25)16-4-7-20-5-2-1-3-6-20/h1-3,5-6,8-15,25,27,33H,4,7,16,18-19H2,(H,30,34)/t25-,27-/m1/s1. The molecule has 2 atom stereocenters. The predicted molar refractivity (Wildman–Crippen MR) is 132 cm³/mol. The minimum atomic E-state index is -0.917. The van der Waals surface area contributed by atoms with Crippen molar-refractivity contribution < 1.29 is 19.4 Å². The van der Waals surface area contributed by atoms with E-state index in [1.54, 1.807) is 53.4 Å². The molecule has 0 spiro atoms. The van der Waals surface area contributed by atoms with Gasteiger partial charge in [0, 0.05) is 17.8 Å². The zero-order valence-electron chi connectivity index (χ0n) is 19.3. The van der Waals surface area contributed by atoms with Gasteiger partial charge in [-0.05, 0) is 60.4 Å². The van der Waals surface area contributed by atoms with Crippen molar-refractivity contribution in [2.75, 3.05) is 25.1 Å². The van der Waals surface area contributed by atoms with Crippen LogP contribution in [0.1, 0.15) is 39.6 Å². The normalized spacial score (nSPS) is 16.4. The second-order valence-corrected chi connectivity index (χ2v) is 8.47. The highest BCUT2D eigenvalue weighted by molar-refractivity contribution is 6.04. The molecule has 2 amide bonds. The lowest BCUT2D eigenvalue weighted by molar-refractivity contribution is -0.154. The van der Waals surface area contributed by atoms with Gasteiger partial charge in [0.05, 0.1) is 24.3 Å². The molecule has 3 aromatic carbocycles. The van der Waals surface area contributed by atoms with Crippen LogP contribution < -0.4 is 5.32 Å². The summed E-state index contributed by atoms with van der Waals surface area (Å²) in [6.07, 6.45) is 0.723. The van der Waals surface area contributed by atoms with E-state index in [1.807, 2.05) is 24.3 Å². The summed E-state index contributed by atoms with van der Waals surface area (Å²) in [4.78, 5) is 26.7. The van der Waals surface area contributed by atoms with E-state index in [2.05, 4.69) is 17.4 Å². The molecular formula is C28H27N3O4. The first-order valence-electron chi connectivity index (χ1n) is 11.6. The maximum absolute atomic E-state index is 12.6. The molecule has 1 aliphatic rings. The Labute approximate surface area is 204 Å². The largest absolute Gasteiger partial charge is 0.386 e. The molecule has 7 heteroatoms. The number of hydrogen-bond acceptors (Lipinski definition) is 5. The Morgan fingerprint density at radius 1 is 1.09 bits per heavy atom. The highest BCUT2D eigenvalue weighted by atomic mass is 16.5. The summed E-state index contributed by atoms with van der Waals surface area (Å²) in [5, 5.41) is 22.8. The average Bonchev–Trinajstić information content (AvgIpc) is 2.90. The second kappa shape index (κ2) is 11.4. The number of hydrogen-bond donors (Lipinski definition) is 2. The Morgan fingerprint density at radius 2 is 1.80 bits per heavy atom. The van der Waals surface area contributed by atoms with E-state index < -0.39 is 12.1 Å². The fraction of sp³-hybridized carbons (Fsp3) is 0.250. The van der Waals surface area contributed by atoms with Crippen LogP contribution in [0.25, 0.3) is 0 Å². The molecule has 4 rings (SSSR count). The molecule has 1 saturated heterocycles. The molecule has 35 heavy (non-hydrogen) atoms. The van der Waals surface area contributed by atoms with E-state index in [0.29, 0.717) is 28.9 Å². The number of nitrogens with zero attached hydrogens (tertiary/aromatic N) is 2. The van der Waals surface area contributed by atoms with Gasteiger partial charge in [-0.3, -0.25) is 9.59 Å². The third-order valence-corrected chi connectivity index (χ3v) is 6.09.